The van der Waals surface area contributed by atoms with Crippen molar-refractivity contribution in [2.45, 2.75) is 105 Å². The summed E-state index contributed by atoms with van der Waals surface area (Å²) in [6, 6.07) is 13.8. The van der Waals surface area contributed by atoms with E-state index < -0.39 is 0 Å². The van der Waals surface area contributed by atoms with Gasteiger partial charge in [0.25, 0.3) is 0 Å². The summed E-state index contributed by atoms with van der Waals surface area (Å²) < 4.78 is 0. The fraction of sp³-hybridized carbons (Fsp3) is 0.571. The number of hydrogen-bond acceptors (Lipinski definition) is 0. The van der Waals surface area contributed by atoms with Gasteiger partial charge in [-0.05, 0) is 55.0 Å². The molecule has 2 aromatic rings. The van der Waals surface area contributed by atoms with Crippen molar-refractivity contribution in [1.29, 1.82) is 0 Å². The molecule has 0 saturated carbocycles. The van der Waals surface area contributed by atoms with Crippen LogP contribution in [-0.4, -0.2) is 0 Å². The summed E-state index contributed by atoms with van der Waals surface area (Å²) in [5.41, 5.74) is 9.06. The number of hydrogen-bond donors (Lipinski definition) is 0. The first-order valence-electron chi connectivity index (χ1n) is 10.7. The second-order valence-corrected chi connectivity index (χ2v) is 12.5. The van der Waals surface area contributed by atoms with E-state index in [-0.39, 0.29) is 21.7 Å². The minimum absolute atomic E-state index is 0.0755. The van der Waals surface area contributed by atoms with E-state index in [1.807, 2.05) is 0 Å². The van der Waals surface area contributed by atoms with E-state index in [4.69, 9.17) is 0 Å². The van der Waals surface area contributed by atoms with Gasteiger partial charge in [-0.25, -0.2) is 0 Å². The second-order valence-electron chi connectivity index (χ2n) is 12.5. The Morgan fingerprint density at radius 3 is 0.893 bits per heavy atom. The Balaban J connectivity index is 3.02. The molecule has 0 saturated heterocycles. The van der Waals surface area contributed by atoms with Gasteiger partial charge in [0.05, 0.1) is 0 Å². The minimum Gasteiger partial charge on any atom is -0.0613 e. The first-order chi connectivity index (χ1) is 12.5. The Kier molecular flexibility index (Phi) is 5.72. The van der Waals surface area contributed by atoms with Crippen LogP contribution in [0.25, 0.3) is 11.1 Å². The van der Waals surface area contributed by atoms with Gasteiger partial charge >= 0.3 is 0 Å². The van der Waals surface area contributed by atoms with E-state index in [1.54, 1.807) is 0 Å². The topological polar surface area (TPSA) is 0 Å². The molecule has 0 heterocycles. The summed E-state index contributed by atoms with van der Waals surface area (Å²) in [5, 5.41) is 0. The molecule has 0 bridgehead atoms. The van der Waals surface area contributed by atoms with Gasteiger partial charge in [0.15, 0.2) is 0 Å². The summed E-state index contributed by atoms with van der Waals surface area (Å²) in [5.74, 6) is 0. The van der Waals surface area contributed by atoms with Crippen molar-refractivity contribution in [3.63, 3.8) is 0 Å². The fourth-order valence-electron chi connectivity index (χ4n) is 4.42. The first-order valence-corrected chi connectivity index (χ1v) is 10.7. The van der Waals surface area contributed by atoms with E-state index in [2.05, 4.69) is 119 Å². The third-order valence-corrected chi connectivity index (χ3v) is 5.54. The normalized spacial score (nSPS) is 13.7. The smallest absolute Gasteiger partial charge is 0.0123 e. The monoisotopic (exact) mass is 378 g/mol. The van der Waals surface area contributed by atoms with Gasteiger partial charge in [0.1, 0.15) is 0 Å². The Bertz CT molecular complexity index is 764. The molecule has 0 aromatic heterocycles. The minimum atomic E-state index is 0.0755. The molecule has 2 rings (SSSR count). The van der Waals surface area contributed by atoms with Crippen LogP contribution in [0.3, 0.4) is 0 Å². The van der Waals surface area contributed by atoms with Crippen molar-refractivity contribution >= 4 is 0 Å². The highest BCUT2D eigenvalue weighted by Crippen LogP contribution is 2.45. The van der Waals surface area contributed by atoms with Gasteiger partial charge in [-0.15, -0.1) is 0 Å². The lowest BCUT2D eigenvalue weighted by atomic mass is 9.68. The largest absolute Gasteiger partial charge is 0.0613 e. The van der Waals surface area contributed by atoms with Gasteiger partial charge in [-0.3, -0.25) is 0 Å². The third-order valence-electron chi connectivity index (χ3n) is 5.54. The molecule has 0 unspecified atom stereocenters. The summed E-state index contributed by atoms with van der Waals surface area (Å²) >= 11 is 0. The quantitative estimate of drug-likeness (QED) is 0.466. The van der Waals surface area contributed by atoms with Crippen molar-refractivity contribution < 1.29 is 0 Å². The molecular formula is C28H42. The van der Waals surface area contributed by atoms with Gasteiger partial charge < -0.3 is 0 Å². The van der Waals surface area contributed by atoms with Crippen LogP contribution in [0.15, 0.2) is 36.4 Å². The third kappa shape index (κ3) is 4.53. The maximum Gasteiger partial charge on any atom is -0.0123 e. The van der Waals surface area contributed by atoms with Crippen LogP contribution in [0.5, 0.6) is 0 Å². The van der Waals surface area contributed by atoms with Crippen molar-refractivity contribution in [3.8, 4) is 11.1 Å². The molecule has 0 heteroatoms. The number of rotatable bonds is 1. The summed E-state index contributed by atoms with van der Waals surface area (Å²) in [4.78, 5) is 0. The molecule has 154 valence electrons. The van der Waals surface area contributed by atoms with E-state index in [9.17, 15) is 0 Å². The molecule has 0 atom stereocenters. The van der Waals surface area contributed by atoms with Crippen LogP contribution in [-0.2, 0) is 21.7 Å². The predicted octanol–water partition coefficient (Wildman–Crippen LogP) is 8.54. The molecule has 0 aliphatic heterocycles. The lowest BCUT2D eigenvalue weighted by molar-refractivity contribution is 0.526. The zero-order valence-corrected chi connectivity index (χ0v) is 20.5. The summed E-state index contributed by atoms with van der Waals surface area (Å²) in [6.07, 6.45) is 0. The van der Waals surface area contributed by atoms with Crippen molar-refractivity contribution in [2.75, 3.05) is 0 Å². The van der Waals surface area contributed by atoms with Gasteiger partial charge in [0, 0.05) is 0 Å². The Hall–Kier alpha value is -1.56. The Morgan fingerprint density at radius 2 is 0.679 bits per heavy atom. The zero-order chi connectivity index (χ0) is 21.7. The van der Waals surface area contributed by atoms with Crippen LogP contribution in [0, 0.1) is 0 Å². The SMILES string of the molecule is CC(C)(C)c1cccc(-c2cccc(C(C)(C)C)c2C(C)(C)C)c1C(C)(C)C. The van der Waals surface area contributed by atoms with Crippen molar-refractivity contribution in [3.05, 3.63) is 58.7 Å². The molecule has 0 aliphatic carbocycles. The molecule has 0 amide bonds. The lowest BCUT2D eigenvalue weighted by Gasteiger charge is -2.36. The Morgan fingerprint density at radius 1 is 0.393 bits per heavy atom. The summed E-state index contributed by atoms with van der Waals surface area (Å²) in [6.45, 7) is 28.1. The maximum atomic E-state index is 2.35. The van der Waals surface area contributed by atoms with Crippen LogP contribution in [0.1, 0.15) is 105 Å². The van der Waals surface area contributed by atoms with E-state index in [1.165, 1.54) is 33.4 Å². The average Bonchev–Trinajstić information content (AvgIpc) is 2.50. The van der Waals surface area contributed by atoms with Crippen LogP contribution < -0.4 is 0 Å². The van der Waals surface area contributed by atoms with E-state index >= 15 is 0 Å². The second kappa shape index (κ2) is 7.05. The Labute approximate surface area is 174 Å². The standard InChI is InChI=1S/C28H42/c1-25(2,3)21-17-13-15-19(23(21)27(7,8)9)20-16-14-18-22(26(4,5)6)24(20)28(10,11)12/h13-18H,1-12H3. The average molecular weight is 379 g/mol. The predicted molar refractivity (Wildman–Crippen MR) is 127 cm³/mol. The maximum absolute atomic E-state index is 2.35. The molecule has 0 aliphatic rings. The zero-order valence-electron chi connectivity index (χ0n) is 20.5. The summed E-state index contributed by atoms with van der Waals surface area (Å²) in [7, 11) is 0. The van der Waals surface area contributed by atoms with Gasteiger partial charge in [-0.2, -0.15) is 0 Å². The number of benzene rings is 2. The van der Waals surface area contributed by atoms with Gasteiger partial charge in [0.2, 0.25) is 0 Å². The highest BCUT2D eigenvalue weighted by atomic mass is 14.4. The highest BCUT2D eigenvalue weighted by Gasteiger charge is 2.32. The molecule has 0 N–H and O–H groups in total. The molecule has 0 nitrogen and oxygen atoms in total. The highest BCUT2D eigenvalue weighted by molar-refractivity contribution is 5.76. The van der Waals surface area contributed by atoms with E-state index in [0.29, 0.717) is 0 Å². The molecule has 28 heavy (non-hydrogen) atoms. The fourth-order valence-corrected chi connectivity index (χ4v) is 4.42. The van der Waals surface area contributed by atoms with Crippen LogP contribution in [0.4, 0.5) is 0 Å². The lowest BCUT2D eigenvalue weighted by Crippen LogP contribution is -2.25. The molecule has 0 radical (unpaired) electrons. The molecule has 2 aromatic carbocycles. The molecule has 0 fully saturated rings. The van der Waals surface area contributed by atoms with Crippen molar-refractivity contribution in [2.24, 2.45) is 0 Å². The van der Waals surface area contributed by atoms with Gasteiger partial charge in [-0.1, -0.05) is 119 Å². The van der Waals surface area contributed by atoms with E-state index in [0.717, 1.165) is 0 Å². The first kappa shape index (κ1) is 22.7. The van der Waals surface area contributed by atoms with Crippen LogP contribution >= 0.6 is 0 Å². The van der Waals surface area contributed by atoms with Crippen LogP contribution in [0.2, 0.25) is 0 Å². The molecule has 0 spiro atoms. The molecular weight excluding hydrogens is 336 g/mol. The van der Waals surface area contributed by atoms with Crippen molar-refractivity contribution in [1.82, 2.24) is 0 Å².